The summed E-state index contributed by atoms with van der Waals surface area (Å²) < 4.78 is 1.66. The first-order valence-corrected chi connectivity index (χ1v) is 7.18. The van der Waals surface area contributed by atoms with Crippen LogP contribution in [0.25, 0.3) is 0 Å². The van der Waals surface area contributed by atoms with Crippen molar-refractivity contribution >= 4 is 23.1 Å². The molecular weight excluding hydrogens is 274 g/mol. The van der Waals surface area contributed by atoms with E-state index in [1.807, 2.05) is 14.0 Å². The second-order valence-corrected chi connectivity index (χ2v) is 5.82. The second-order valence-electron chi connectivity index (χ2n) is 5.29. The topological polar surface area (TPSA) is 76.2 Å². The Hall–Kier alpha value is -1.47. The van der Waals surface area contributed by atoms with Crippen LogP contribution in [-0.2, 0) is 7.05 Å². The quantitative estimate of drug-likeness (QED) is 0.777. The van der Waals surface area contributed by atoms with E-state index in [-0.39, 0.29) is 11.9 Å². The number of aryl methyl sites for hydroxylation is 2. The third kappa shape index (κ3) is 3.77. The number of amides is 1. The van der Waals surface area contributed by atoms with Crippen LogP contribution < -0.4 is 11.1 Å². The van der Waals surface area contributed by atoms with Crippen molar-refractivity contribution in [2.45, 2.75) is 25.8 Å². The Balaban J connectivity index is 1.85. The van der Waals surface area contributed by atoms with E-state index in [0.29, 0.717) is 17.1 Å². The number of thiocarbonyl (C=S) groups is 1. The summed E-state index contributed by atoms with van der Waals surface area (Å²) in [5.41, 5.74) is 6.96. The van der Waals surface area contributed by atoms with Gasteiger partial charge >= 0.3 is 0 Å². The van der Waals surface area contributed by atoms with Crippen LogP contribution >= 0.6 is 12.2 Å². The molecular formula is C13H21N5OS. The molecule has 0 saturated carbocycles. The molecule has 3 N–H and O–H groups in total. The number of hydrogen-bond acceptors (Lipinski definition) is 4. The van der Waals surface area contributed by atoms with E-state index in [2.05, 4.69) is 15.3 Å². The maximum absolute atomic E-state index is 12.2. The zero-order valence-electron chi connectivity index (χ0n) is 11.9. The molecule has 0 aromatic carbocycles. The van der Waals surface area contributed by atoms with Crippen LogP contribution in [0.4, 0.5) is 0 Å². The molecule has 1 saturated heterocycles. The van der Waals surface area contributed by atoms with E-state index in [4.69, 9.17) is 18.0 Å². The van der Waals surface area contributed by atoms with Gasteiger partial charge in [0.15, 0.2) is 0 Å². The Morgan fingerprint density at radius 3 is 2.70 bits per heavy atom. The van der Waals surface area contributed by atoms with Gasteiger partial charge in [-0.05, 0) is 19.8 Å². The number of nitrogens with one attached hydrogen (secondary N) is 1. The Labute approximate surface area is 124 Å². The van der Waals surface area contributed by atoms with Gasteiger partial charge in [-0.15, -0.1) is 0 Å². The highest BCUT2D eigenvalue weighted by molar-refractivity contribution is 7.80. The summed E-state index contributed by atoms with van der Waals surface area (Å²) in [5, 5.41) is 7.27. The number of carbonyl (C=O) groups is 1. The summed E-state index contributed by atoms with van der Waals surface area (Å²) in [5.74, 6) is -0.0385. The zero-order chi connectivity index (χ0) is 14.7. The number of piperidine rings is 1. The maximum atomic E-state index is 12.2. The van der Waals surface area contributed by atoms with Gasteiger partial charge in [-0.1, -0.05) is 12.2 Å². The lowest BCUT2D eigenvalue weighted by molar-refractivity contribution is 0.0914. The molecule has 1 aliphatic heterocycles. The minimum absolute atomic E-state index is 0.0385. The lowest BCUT2D eigenvalue weighted by Crippen LogP contribution is -2.46. The van der Waals surface area contributed by atoms with Gasteiger partial charge in [0.25, 0.3) is 5.91 Å². The first-order chi connectivity index (χ1) is 9.45. The van der Waals surface area contributed by atoms with Crippen molar-refractivity contribution in [3.8, 4) is 0 Å². The number of hydrogen-bond donors (Lipinski definition) is 2. The summed E-state index contributed by atoms with van der Waals surface area (Å²) in [6.07, 6.45) is 3.61. The molecule has 0 radical (unpaired) electrons. The number of likely N-dealkylation sites (tertiary alicyclic amines) is 1. The van der Waals surface area contributed by atoms with Crippen molar-refractivity contribution in [3.63, 3.8) is 0 Å². The van der Waals surface area contributed by atoms with Gasteiger partial charge in [0.1, 0.15) is 0 Å². The van der Waals surface area contributed by atoms with E-state index < -0.39 is 0 Å². The third-order valence-corrected chi connectivity index (χ3v) is 3.69. The molecule has 1 amide bonds. The van der Waals surface area contributed by atoms with Crippen LogP contribution in [0, 0.1) is 6.92 Å². The summed E-state index contributed by atoms with van der Waals surface area (Å²) in [4.78, 5) is 14.9. The zero-order valence-corrected chi connectivity index (χ0v) is 12.7. The molecule has 110 valence electrons. The molecule has 7 heteroatoms. The van der Waals surface area contributed by atoms with E-state index in [9.17, 15) is 4.79 Å². The van der Waals surface area contributed by atoms with E-state index >= 15 is 0 Å². The van der Waals surface area contributed by atoms with Gasteiger partial charge in [0.2, 0.25) is 0 Å². The average Bonchev–Trinajstić information content (AvgIpc) is 2.70. The first kappa shape index (κ1) is 14.9. The van der Waals surface area contributed by atoms with Gasteiger partial charge in [-0.2, -0.15) is 5.10 Å². The number of carbonyl (C=O) groups excluding carboxylic acids is 1. The van der Waals surface area contributed by atoms with Crippen molar-refractivity contribution in [1.82, 2.24) is 20.0 Å². The highest BCUT2D eigenvalue weighted by Crippen LogP contribution is 2.12. The lowest BCUT2D eigenvalue weighted by atomic mass is 10.0. The molecule has 6 nitrogen and oxygen atoms in total. The Bertz CT molecular complexity index is 505. The van der Waals surface area contributed by atoms with Crippen molar-refractivity contribution in [2.24, 2.45) is 12.8 Å². The molecule has 1 aromatic heterocycles. The van der Waals surface area contributed by atoms with Gasteiger partial charge in [0, 0.05) is 38.9 Å². The van der Waals surface area contributed by atoms with Gasteiger partial charge in [-0.3, -0.25) is 14.4 Å². The van der Waals surface area contributed by atoms with Crippen LogP contribution in [-0.4, -0.2) is 51.3 Å². The Morgan fingerprint density at radius 1 is 1.55 bits per heavy atom. The van der Waals surface area contributed by atoms with E-state index in [1.54, 1.807) is 10.9 Å². The summed E-state index contributed by atoms with van der Waals surface area (Å²) >= 11 is 4.91. The van der Waals surface area contributed by atoms with Gasteiger partial charge in [0.05, 0.1) is 16.2 Å². The highest BCUT2D eigenvalue weighted by atomic mass is 32.1. The van der Waals surface area contributed by atoms with Crippen LogP contribution in [0.2, 0.25) is 0 Å². The maximum Gasteiger partial charge on any atom is 0.254 e. The monoisotopic (exact) mass is 295 g/mol. The predicted molar refractivity (Wildman–Crippen MR) is 81.7 cm³/mol. The molecule has 0 unspecified atom stereocenters. The average molecular weight is 295 g/mol. The second kappa shape index (κ2) is 6.32. The predicted octanol–water partition coefficient (Wildman–Crippen LogP) is 0.209. The largest absolute Gasteiger partial charge is 0.392 e. The Kier molecular flexibility index (Phi) is 4.72. The van der Waals surface area contributed by atoms with Crippen molar-refractivity contribution in [1.29, 1.82) is 0 Å². The standard InChI is InChI=1S/C13H21N5OS/c1-9-11(7-17(2)16-9)13(19)15-10-3-5-18(6-4-10)8-12(14)20/h7,10H,3-6,8H2,1-2H3,(H2,14,20)(H,15,19). The smallest absolute Gasteiger partial charge is 0.254 e. The lowest BCUT2D eigenvalue weighted by Gasteiger charge is -2.31. The van der Waals surface area contributed by atoms with Gasteiger partial charge < -0.3 is 11.1 Å². The molecule has 2 rings (SSSR count). The number of nitrogens with zero attached hydrogens (tertiary/aromatic N) is 3. The number of nitrogens with two attached hydrogens (primary N) is 1. The third-order valence-electron chi connectivity index (χ3n) is 3.56. The molecule has 2 heterocycles. The highest BCUT2D eigenvalue weighted by Gasteiger charge is 2.22. The fourth-order valence-electron chi connectivity index (χ4n) is 2.54. The fraction of sp³-hybridized carbons (Fsp3) is 0.615. The minimum atomic E-state index is -0.0385. The normalized spacial score (nSPS) is 17.1. The van der Waals surface area contributed by atoms with Crippen molar-refractivity contribution < 1.29 is 4.79 Å². The van der Waals surface area contributed by atoms with Crippen LogP contribution in [0.1, 0.15) is 28.9 Å². The van der Waals surface area contributed by atoms with Gasteiger partial charge in [-0.25, -0.2) is 0 Å². The Morgan fingerprint density at radius 2 is 2.20 bits per heavy atom. The van der Waals surface area contributed by atoms with E-state index in [0.717, 1.165) is 31.6 Å². The number of rotatable bonds is 4. The molecule has 1 fully saturated rings. The van der Waals surface area contributed by atoms with Crippen molar-refractivity contribution in [3.05, 3.63) is 17.5 Å². The SMILES string of the molecule is Cc1nn(C)cc1C(=O)NC1CCN(CC(N)=S)CC1. The first-order valence-electron chi connectivity index (χ1n) is 6.77. The molecule has 0 bridgehead atoms. The van der Waals surface area contributed by atoms with Crippen LogP contribution in [0.3, 0.4) is 0 Å². The van der Waals surface area contributed by atoms with E-state index in [1.165, 1.54) is 0 Å². The molecule has 20 heavy (non-hydrogen) atoms. The molecule has 1 aliphatic rings. The molecule has 0 spiro atoms. The molecule has 0 aliphatic carbocycles. The summed E-state index contributed by atoms with van der Waals surface area (Å²) in [6, 6.07) is 0.213. The molecule has 1 aromatic rings. The summed E-state index contributed by atoms with van der Waals surface area (Å²) in [7, 11) is 1.82. The fourth-order valence-corrected chi connectivity index (χ4v) is 2.72. The van der Waals surface area contributed by atoms with Crippen molar-refractivity contribution in [2.75, 3.05) is 19.6 Å². The van der Waals surface area contributed by atoms with Crippen LogP contribution in [0.15, 0.2) is 6.20 Å². The number of aromatic nitrogens is 2. The molecule has 0 atom stereocenters. The minimum Gasteiger partial charge on any atom is -0.392 e. The summed E-state index contributed by atoms with van der Waals surface area (Å²) in [6.45, 7) is 4.33. The van der Waals surface area contributed by atoms with Crippen LogP contribution in [0.5, 0.6) is 0 Å².